The number of hydrogen-bond acceptors (Lipinski definition) is 4. The fourth-order valence-electron chi connectivity index (χ4n) is 3.10. The Labute approximate surface area is 121 Å². The van der Waals surface area contributed by atoms with Crippen LogP contribution >= 0.6 is 0 Å². The number of benzene rings is 1. The van der Waals surface area contributed by atoms with Gasteiger partial charge in [-0.05, 0) is 62.3 Å². The first kappa shape index (κ1) is 12.6. The van der Waals surface area contributed by atoms with Crippen LogP contribution in [0, 0.1) is 12.8 Å². The molecule has 21 heavy (non-hydrogen) atoms. The van der Waals surface area contributed by atoms with E-state index in [0.717, 1.165) is 54.2 Å². The van der Waals surface area contributed by atoms with Crippen molar-refractivity contribution in [3.63, 3.8) is 0 Å². The molecule has 0 amide bonds. The summed E-state index contributed by atoms with van der Waals surface area (Å²) in [6.45, 7) is 1.90. The van der Waals surface area contributed by atoms with Gasteiger partial charge >= 0.3 is 11.6 Å². The van der Waals surface area contributed by atoms with Crippen LogP contribution in [0.3, 0.4) is 0 Å². The zero-order valence-electron chi connectivity index (χ0n) is 11.9. The molecule has 0 spiro atoms. The molecule has 4 heteroatoms. The zero-order chi connectivity index (χ0) is 14.6. The summed E-state index contributed by atoms with van der Waals surface area (Å²) in [5.74, 6) is 0.424. The Morgan fingerprint density at radius 3 is 2.76 bits per heavy atom. The molecule has 108 valence electrons. The van der Waals surface area contributed by atoms with E-state index in [1.807, 2.05) is 19.1 Å². The Hall–Kier alpha value is -2.10. The second-order valence-electron chi connectivity index (χ2n) is 6.03. The fourth-order valence-corrected chi connectivity index (χ4v) is 3.10. The lowest BCUT2D eigenvalue weighted by molar-refractivity contribution is -0.135. The Bertz CT molecular complexity index is 812. The number of esters is 1. The fraction of sp³-hybridized carbons (Fsp3) is 0.412. The molecule has 1 saturated carbocycles. The van der Waals surface area contributed by atoms with Crippen LogP contribution in [0.4, 0.5) is 0 Å². The van der Waals surface area contributed by atoms with Gasteiger partial charge in [-0.25, -0.2) is 4.79 Å². The molecule has 0 N–H and O–H groups in total. The molecule has 4 nitrogen and oxygen atoms in total. The van der Waals surface area contributed by atoms with Crippen molar-refractivity contribution in [3.8, 4) is 5.75 Å². The number of aryl methyl sites for hydroxylation is 2. The molecule has 1 aromatic carbocycles. The summed E-state index contributed by atoms with van der Waals surface area (Å²) in [5, 5.41) is 0.807. The van der Waals surface area contributed by atoms with E-state index in [1.165, 1.54) is 0 Å². The summed E-state index contributed by atoms with van der Waals surface area (Å²) >= 11 is 0. The number of carbonyl (C=O) groups excluding carboxylic acids is 1. The molecule has 1 fully saturated rings. The minimum atomic E-state index is -0.250. The van der Waals surface area contributed by atoms with Crippen LogP contribution < -0.4 is 10.4 Å². The van der Waals surface area contributed by atoms with Crippen molar-refractivity contribution in [2.75, 3.05) is 0 Å². The maximum absolute atomic E-state index is 12.0. The Morgan fingerprint density at radius 1 is 1.24 bits per heavy atom. The van der Waals surface area contributed by atoms with Gasteiger partial charge in [0.25, 0.3) is 0 Å². The van der Waals surface area contributed by atoms with Crippen molar-refractivity contribution in [2.45, 2.75) is 39.0 Å². The second kappa shape index (κ2) is 4.45. The van der Waals surface area contributed by atoms with Gasteiger partial charge in [0, 0.05) is 5.56 Å². The highest BCUT2D eigenvalue weighted by molar-refractivity contribution is 5.91. The van der Waals surface area contributed by atoms with Crippen molar-refractivity contribution in [1.82, 2.24) is 0 Å². The highest BCUT2D eigenvalue weighted by atomic mass is 16.5. The van der Waals surface area contributed by atoms with Crippen molar-refractivity contribution in [2.24, 2.45) is 5.92 Å². The largest absolute Gasteiger partial charge is 0.426 e. The van der Waals surface area contributed by atoms with Crippen LogP contribution in [0.2, 0.25) is 0 Å². The van der Waals surface area contributed by atoms with Gasteiger partial charge in [-0.2, -0.15) is 0 Å². The van der Waals surface area contributed by atoms with Crippen LogP contribution in [-0.2, 0) is 17.6 Å². The second-order valence-corrected chi connectivity index (χ2v) is 6.03. The number of rotatable bonds is 2. The van der Waals surface area contributed by atoms with Gasteiger partial charge in [0.1, 0.15) is 11.3 Å². The Balaban J connectivity index is 1.94. The van der Waals surface area contributed by atoms with Crippen LogP contribution in [-0.4, -0.2) is 5.97 Å². The summed E-state index contributed by atoms with van der Waals surface area (Å²) in [7, 11) is 0. The van der Waals surface area contributed by atoms with Gasteiger partial charge in [-0.15, -0.1) is 0 Å². The lowest BCUT2D eigenvalue weighted by Gasteiger charge is -2.11. The third-order valence-electron chi connectivity index (χ3n) is 4.30. The lowest BCUT2D eigenvalue weighted by Crippen LogP contribution is -2.12. The van der Waals surface area contributed by atoms with Crippen molar-refractivity contribution >= 4 is 16.9 Å². The van der Waals surface area contributed by atoms with Crippen LogP contribution in [0.5, 0.6) is 5.75 Å². The molecular formula is C17H16O4. The van der Waals surface area contributed by atoms with Crippen LogP contribution in [0.1, 0.15) is 36.0 Å². The Morgan fingerprint density at radius 2 is 2.00 bits per heavy atom. The SMILES string of the molecule is Cc1cc(OC(=O)C2CC2)c2c3c(c(=O)oc2c1)CCC3. The summed E-state index contributed by atoms with van der Waals surface area (Å²) in [4.78, 5) is 24.0. The predicted molar refractivity (Wildman–Crippen MR) is 77.6 cm³/mol. The summed E-state index contributed by atoms with van der Waals surface area (Å²) in [6.07, 6.45) is 4.36. The van der Waals surface area contributed by atoms with E-state index in [2.05, 4.69) is 0 Å². The van der Waals surface area contributed by atoms with Crippen molar-refractivity contribution in [3.05, 3.63) is 39.2 Å². The molecule has 0 unspecified atom stereocenters. The van der Waals surface area contributed by atoms with Crippen LogP contribution in [0.25, 0.3) is 11.0 Å². The number of hydrogen-bond donors (Lipinski definition) is 0. The first-order valence-corrected chi connectivity index (χ1v) is 7.44. The summed E-state index contributed by atoms with van der Waals surface area (Å²) < 4.78 is 11.0. The molecular weight excluding hydrogens is 268 g/mol. The number of fused-ring (bicyclic) bond motifs is 3. The Kier molecular flexibility index (Phi) is 2.67. The van der Waals surface area contributed by atoms with Crippen molar-refractivity contribution < 1.29 is 13.9 Å². The molecule has 2 aliphatic rings. The van der Waals surface area contributed by atoms with Gasteiger partial charge in [0.2, 0.25) is 0 Å². The van der Waals surface area contributed by atoms with E-state index >= 15 is 0 Å². The van der Waals surface area contributed by atoms with E-state index in [-0.39, 0.29) is 17.5 Å². The molecule has 1 heterocycles. The number of carbonyl (C=O) groups is 1. The molecule has 0 bridgehead atoms. The molecule has 4 rings (SSSR count). The van der Waals surface area contributed by atoms with Gasteiger partial charge < -0.3 is 9.15 Å². The number of ether oxygens (including phenoxy) is 1. The summed E-state index contributed by atoms with van der Waals surface area (Å²) in [6, 6.07) is 3.70. The van der Waals surface area contributed by atoms with E-state index in [4.69, 9.17) is 9.15 Å². The van der Waals surface area contributed by atoms with Crippen molar-refractivity contribution in [1.29, 1.82) is 0 Å². The van der Waals surface area contributed by atoms with E-state index in [1.54, 1.807) is 0 Å². The maximum atomic E-state index is 12.0. The average molecular weight is 284 g/mol. The topological polar surface area (TPSA) is 56.5 Å². The smallest absolute Gasteiger partial charge is 0.339 e. The van der Waals surface area contributed by atoms with Gasteiger partial charge in [-0.1, -0.05) is 0 Å². The van der Waals surface area contributed by atoms with Gasteiger partial charge in [0.05, 0.1) is 11.3 Å². The first-order valence-electron chi connectivity index (χ1n) is 7.44. The zero-order valence-corrected chi connectivity index (χ0v) is 11.9. The standard InChI is InChI=1S/C17H16O4/c1-9-7-13(20-16(18)10-5-6-10)15-11-3-2-4-12(11)17(19)21-14(15)8-9/h7-8,10H,2-6H2,1H3. The minimum absolute atomic E-state index is 0.0457. The quantitative estimate of drug-likeness (QED) is 0.483. The predicted octanol–water partition coefficient (Wildman–Crippen LogP) is 2.91. The van der Waals surface area contributed by atoms with E-state index in [9.17, 15) is 9.59 Å². The monoisotopic (exact) mass is 284 g/mol. The van der Waals surface area contributed by atoms with Gasteiger partial charge in [-0.3, -0.25) is 4.79 Å². The van der Waals surface area contributed by atoms with E-state index < -0.39 is 0 Å². The van der Waals surface area contributed by atoms with E-state index in [0.29, 0.717) is 11.3 Å². The maximum Gasteiger partial charge on any atom is 0.339 e. The third-order valence-corrected chi connectivity index (χ3v) is 4.30. The first-order chi connectivity index (χ1) is 10.1. The molecule has 2 aromatic rings. The normalized spacial score (nSPS) is 17.0. The molecule has 2 aliphatic carbocycles. The highest BCUT2D eigenvalue weighted by Gasteiger charge is 2.32. The molecule has 0 atom stereocenters. The molecule has 1 aromatic heterocycles. The lowest BCUT2D eigenvalue weighted by atomic mass is 10.0. The van der Waals surface area contributed by atoms with Crippen LogP contribution in [0.15, 0.2) is 21.3 Å². The average Bonchev–Trinajstić information content (AvgIpc) is 3.16. The molecule has 0 saturated heterocycles. The van der Waals surface area contributed by atoms with Gasteiger partial charge in [0.15, 0.2) is 0 Å². The molecule has 0 radical (unpaired) electrons. The third kappa shape index (κ3) is 2.06. The summed E-state index contributed by atoms with van der Waals surface area (Å²) in [5.41, 5.74) is 2.94. The highest BCUT2D eigenvalue weighted by Crippen LogP contribution is 2.37. The minimum Gasteiger partial charge on any atom is -0.426 e. The molecule has 0 aliphatic heterocycles.